The Balaban J connectivity index is 2.48. The van der Waals surface area contributed by atoms with Gasteiger partial charge in [-0.25, -0.2) is 4.79 Å². The number of carboxylic acids is 1. The fourth-order valence-electron chi connectivity index (χ4n) is 1.36. The van der Waals surface area contributed by atoms with Crippen molar-refractivity contribution in [3.8, 4) is 11.4 Å². The topological polar surface area (TPSA) is 80.2 Å². The molecule has 0 fully saturated rings. The van der Waals surface area contributed by atoms with Crippen molar-refractivity contribution < 1.29 is 14.7 Å². The van der Waals surface area contributed by atoms with E-state index in [-0.39, 0.29) is 5.56 Å². The number of rotatable bonds is 3. The second-order valence-corrected chi connectivity index (χ2v) is 3.33. The highest BCUT2D eigenvalue weighted by Crippen LogP contribution is 2.16. The van der Waals surface area contributed by atoms with E-state index in [0.717, 1.165) is 0 Å². The fourth-order valence-corrected chi connectivity index (χ4v) is 1.36. The van der Waals surface area contributed by atoms with Crippen LogP contribution in [-0.2, 0) is 0 Å². The number of nitrogens with zero attached hydrogens (tertiary/aromatic N) is 2. The first-order valence-corrected chi connectivity index (χ1v) is 4.81. The molecule has 0 spiro atoms. The Hall–Kier alpha value is -2.56. The lowest BCUT2D eigenvalue weighted by Crippen LogP contribution is -1.98. The monoisotopic (exact) mass is 228 g/mol. The van der Waals surface area contributed by atoms with Crippen LogP contribution in [0.15, 0.2) is 36.7 Å². The van der Waals surface area contributed by atoms with Crippen molar-refractivity contribution in [2.75, 3.05) is 0 Å². The maximum atomic E-state index is 10.8. The summed E-state index contributed by atoms with van der Waals surface area (Å²) < 4.78 is 0. The number of carbonyl (C=O) groups is 2. The number of aldehydes is 1. The Morgan fingerprint density at radius 2 is 1.76 bits per heavy atom. The lowest BCUT2D eigenvalue weighted by atomic mass is 10.1. The van der Waals surface area contributed by atoms with Crippen molar-refractivity contribution in [1.29, 1.82) is 0 Å². The summed E-state index contributed by atoms with van der Waals surface area (Å²) in [6.45, 7) is 0. The van der Waals surface area contributed by atoms with E-state index in [1.165, 1.54) is 24.5 Å². The van der Waals surface area contributed by atoms with Crippen molar-refractivity contribution >= 4 is 12.3 Å². The number of carbonyl (C=O) groups excluding carboxylic acids is 1. The largest absolute Gasteiger partial charge is 0.478 e. The van der Waals surface area contributed by atoms with E-state index in [4.69, 9.17) is 5.11 Å². The molecular weight excluding hydrogens is 220 g/mol. The highest BCUT2D eigenvalue weighted by molar-refractivity contribution is 5.88. The molecule has 0 aliphatic carbocycles. The number of hydrogen-bond acceptors (Lipinski definition) is 4. The minimum atomic E-state index is -1.03. The summed E-state index contributed by atoms with van der Waals surface area (Å²) in [5.74, 6) is -1.03. The van der Waals surface area contributed by atoms with Crippen LogP contribution in [0, 0.1) is 0 Å². The van der Waals surface area contributed by atoms with Crippen LogP contribution in [0.3, 0.4) is 0 Å². The molecule has 2 heterocycles. The van der Waals surface area contributed by atoms with Crippen molar-refractivity contribution in [2.24, 2.45) is 0 Å². The van der Waals surface area contributed by atoms with Crippen LogP contribution in [0.5, 0.6) is 0 Å². The SMILES string of the molecule is O=Cc1ccnc(-c2cc(C(=O)O)ccn2)c1. The van der Waals surface area contributed by atoms with Crippen molar-refractivity contribution in [1.82, 2.24) is 9.97 Å². The van der Waals surface area contributed by atoms with E-state index in [0.29, 0.717) is 23.2 Å². The molecule has 0 aliphatic rings. The highest BCUT2D eigenvalue weighted by Gasteiger charge is 2.07. The number of aromatic nitrogens is 2. The maximum Gasteiger partial charge on any atom is 0.335 e. The third kappa shape index (κ3) is 2.34. The smallest absolute Gasteiger partial charge is 0.335 e. The van der Waals surface area contributed by atoms with Crippen LogP contribution in [-0.4, -0.2) is 27.3 Å². The second kappa shape index (κ2) is 4.52. The van der Waals surface area contributed by atoms with Gasteiger partial charge in [-0.3, -0.25) is 14.8 Å². The predicted octanol–water partition coefficient (Wildman–Crippen LogP) is 1.65. The number of hydrogen-bond donors (Lipinski definition) is 1. The number of pyridine rings is 2. The first kappa shape index (κ1) is 10.9. The van der Waals surface area contributed by atoms with E-state index in [1.807, 2.05) is 0 Å². The number of carboxylic acid groups (broad SMARTS) is 1. The first-order valence-electron chi connectivity index (χ1n) is 4.81. The van der Waals surface area contributed by atoms with Gasteiger partial charge in [0.2, 0.25) is 0 Å². The summed E-state index contributed by atoms with van der Waals surface area (Å²) in [4.78, 5) is 29.5. The zero-order valence-electron chi connectivity index (χ0n) is 8.70. The van der Waals surface area contributed by atoms with Gasteiger partial charge in [-0.05, 0) is 24.3 Å². The van der Waals surface area contributed by atoms with Crippen LogP contribution in [0.4, 0.5) is 0 Å². The first-order chi connectivity index (χ1) is 8.20. The zero-order valence-corrected chi connectivity index (χ0v) is 8.70. The van der Waals surface area contributed by atoms with E-state index in [2.05, 4.69) is 9.97 Å². The molecule has 5 nitrogen and oxygen atoms in total. The third-order valence-electron chi connectivity index (χ3n) is 2.19. The van der Waals surface area contributed by atoms with Gasteiger partial charge in [0, 0.05) is 18.0 Å². The molecule has 1 N–H and O–H groups in total. The van der Waals surface area contributed by atoms with E-state index < -0.39 is 5.97 Å². The van der Waals surface area contributed by atoms with Gasteiger partial charge in [-0.15, -0.1) is 0 Å². The Morgan fingerprint density at radius 3 is 2.41 bits per heavy atom. The van der Waals surface area contributed by atoms with Gasteiger partial charge in [0.15, 0.2) is 0 Å². The molecular formula is C12H8N2O3. The second-order valence-electron chi connectivity index (χ2n) is 3.33. The predicted molar refractivity (Wildman–Crippen MR) is 59.8 cm³/mol. The summed E-state index contributed by atoms with van der Waals surface area (Å²) in [7, 11) is 0. The highest BCUT2D eigenvalue weighted by atomic mass is 16.4. The van der Waals surface area contributed by atoms with Crippen LogP contribution in [0.2, 0.25) is 0 Å². The summed E-state index contributed by atoms with van der Waals surface area (Å²) in [5.41, 5.74) is 1.50. The molecule has 0 aliphatic heterocycles. The van der Waals surface area contributed by atoms with E-state index in [1.54, 1.807) is 12.1 Å². The normalized spacial score (nSPS) is 9.88. The van der Waals surface area contributed by atoms with Crippen LogP contribution < -0.4 is 0 Å². The van der Waals surface area contributed by atoms with Crippen molar-refractivity contribution in [2.45, 2.75) is 0 Å². The van der Waals surface area contributed by atoms with Gasteiger partial charge in [-0.1, -0.05) is 0 Å². The van der Waals surface area contributed by atoms with E-state index >= 15 is 0 Å². The molecule has 5 heteroatoms. The maximum absolute atomic E-state index is 10.8. The Kier molecular flexibility index (Phi) is 2.91. The molecule has 17 heavy (non-hydrogen) atoms. The molecule has 0 saturated heterocycles. The summed E-state index contributed by atoms with van der Waals surface area (Å²) >= 11 is 0. The quantitative estimate of drug-likeness (QED) is 0.808. The Bertz CT molecular complexity index is 581. The lowest BCUT2D eigenvalue weighted by molar-refractivity contribution is 0.0696. The average molecular weight is 228 g/mol. The van der Waals surface area contributed by atoms with Gasteiger partial charge in [0.05, 0.1) is 17.0 Å². The van der Waals surface area contributed by atoms with E-state index in [9.17, 15) is 9.59 Å². The van der Waals surface area contributed by atoms with Gasteiger partial charge in [0.25, 0.3) is 0 Å². The number of aromatic carboxylic acids is 1. The van der Waals surface area contributed by atoms with Crippen molar-refractivity contribution in [3.05, 3.63) is 47.8 Å². The fraction of sp³-hybridized carbons (Fsp3) is 0. The van der Waals surface area contributed by atoms with Crippen molar-refractivity contribution in [3.63, 3.8) is 0 Å². The molecule has 0 aromatic carbocycles. The third-order valence-corrected chi connectivity index (χ3v) is 2.19. The molecule has 0 saturated carbocycles. The van der Waals surface area contributed by atoms with Gasteiger partial charge in [-0.2, -0.15) is 0 Å². The Morgan fingerprint density at radius 1 is 1.12 bits per heavy atom. The lowest BCUT2D eigenvalue weighted by Gasteiger charge is -2.01. The average Bonchev–Trinajstić information content (AvgIpc) is 2.39. The summed E-state index contributed by atoms with van der Waals surface area (Å²) in [5, 5.41) is 8.85. The molecule has 0 amide bonds. The Labute approximate surface area is 96.8 Å². The summed E-state index contributed by atoms with van der Waals surface area (Å²) in [6, 6.07) is 5.94. The van der Waals surface area contributed by atoms with Gasteiger partial charge in [0.1, 0.15) is 6.29 Å². The standard InChI is InChI=1S/C12H8N2O3/c15-7-8-1-3-13-10(5-8)11-6-9(12(16)17)2-4-14-11/h1-7H,(H,16,17). The zero-order chi connectivity index (χ0) is 12.3. The molecule has 0 radical (unpaired) electrons. The minimum Gasteiger partial charge on any atom is -0.478 e. The molecule has 2 rings (SSSR count). The molecule has 2 aromatic heterocycles. The van der Waals surface area contributed by atoms with Crippen LogP contribution >= 0.6 is 0 Å². The van der Waals surface area contributed by atoms with Crippen LogP contribution in [0.1, 0.15) is 20.7 Å². The van der Waals surface area contributed by atoms with Gasteiger partial charge < -0.3 is 5.11 Å². The molecule has 2 aromatic rings. The van der Waals surface area contributed by atoms with Gasteiger partial charge >= 0.3 is 5.97 Å². The van der Waals surface area contributed by atoms with Crippen LogP contribution in [0.25, 0.3) is 11.4 Å². The molecule has 0 unspecified atom stereocenters. The molecule has 0 bridgehead atoms. The minimum absolute atomic E-state index is 0.133. The molecule has 84 valence electrons. The summed E-state index contributed by atoms with van der Waals surface area (Å²) in [6.07, 6.45) is 3.58. The molecule has 0 atom stereocenters.